The Balaban J connectivity index is 1.28. The number of benzene rings is 8. The van der Waals surface area contributed by atoms with E-state index < -0.39 is 0 Å². The molecule has 0 aliphatic rings. The van der Waals surface area contributed by atoms with Gasteiger partial charge in [-0.25, -0.2) is 15.0 Å². The molecule has 0 saturated heterocycles. The average Bonchev–Trinajstić information content (AvgIpc) is 3.99. The first-order valence-corrected chi connectivity index (χ1v) is 22.7. The Morgan fingerprint density at radius 2 is 0.667 bits per heavy atom. The second kappa shape index (κ2) is 18.4. The van der Waals surface area contributed by atoms with Gasteiger partial charge in [0.15, 0.2) is 17.5 Å². The van der Waals surface area contributed by atoms with Crippen molar-refractivity contribution < 1.29 is 4.42 Å². The molecular formula is C51H13B19N4O. The number of nitrogens with zero attached hydrogens (tertiary/aromatic N) is 4. The summed E-state index contributed by atoms with van der Waals surface area (Å²) in [5.74, 6) is -0.151. The van der Waals surface area contributed by atoms with Crippen molar-refractivity contribution in [1.82, 2.24) is 19.5 Å². The highest BCUT2D eigenvalue weighted by atomic mass is 16.3. The summed E-state index contributed by atoms with van der Waals surface area (Å²) < 4.78 is 7.67. The van der Waals surface area contributed by atoms with E-state index in [0.717, 1.165) is 22.3 Å². The highest BCUT2D eigenvalue weighted by Crippen LogP contribution is 2.36. The largest absolute Gasteiger partial charge is 0.457 e. The maximum absolute atomic E-state index is 7.17. The van der Waals surface area contributed by atoms with Crippen molar-refractivity contribution >= 4 is 297 Å². The van der Waals surface area contributed by atoms with Crippen LogP contribution in [0.25, 0.3) is 106 Å². The molecule has 0 atom stereocenters. The van der Waals surface area contributed by atoms with E-state index in [9.17, 15) is 0 Å². The predicted octanol–water partition coefficient (Wildman–Crippen LogP) is -9.71. The molecule has 0 unspecified atom stereocenters. The number of furan rings is 1. The smallest absolute Gasteiger partial charge is 0.164 e. The van der Waals surface area contributed by atoms with Crippen molar-refractivity contribution in [2.24, 2.45) is 0 Å². The van der Waals surface area contributed by atoms with Gasteiger partial charge in [0.05, 0.1) is 0 Å². The molecule has 0 bridgehead atoms. The Kier molecular flexibility index (Phi) is 12.5. The summed E-state index contributed by atoms with van der Waals surface area (Å²) >= 11 is 0. The molecule has 75 heavy (non-hydrogen) atoms. The first kappa shape index (κ1) is 50.7. The van der Waals surface area contributed by atoms with Crippen LogP contribution in [-0.4, -0.2) is 169 Å². The van der Waals surface area contributed by atoms with Gasteiger partial charge in [0.2, 0.25) is 0 Å². The fourth-order valence-corrected chi connectivity index (χ4v) is 9.91. The van der Waals surface area contributed by atoms with Gasteiger partial charge in [0.25, 0.3) is 0 Å². The maximum Gasteiger partial charge on any atom is 0.164 e. The van der Waals surface area contributed by atoms with Crippen molar-refractivity contribution in [3.63, 3.8) is 0 Å². The lowest BCUT2D eigenvalue weighted by Gasteiger charge is -2.25. The van der Waals surface area contributed by atoms with Gasteiger partial charge in [-0.2, -0.15) is 0 Å². The minimum atomic E-state index is -0.142. The molecule has 0 aliphatic carbocycles. The maximum atomic E-state index is 7.17. The zero-order valence-corrected chi connectivity index (χ0v) is 39.7. The van der Waals surface area contributed by atoms with Crippen LogP contribution in [0, 0.1) is 0 Å². The number of hydrogen-bond acceptors (Lipinski definition) is 4. The Bertz CT molecular complexity index is 4320. The van der Waals surface area contributed by atoms with Crippen LogP contribution in [0.4, 0.5) is 0 Å². The van der Waals surface area contributed by atoms with Gasteiger partial charge in [-0.05, 0) is 28.3 Å². The second-order valence-electron chi connectivity index (χ2n) is 18.1. The minimum absolute atomic E-state index is 0.000830. The third-order valence-electron chi connectivity index (χ3n) is 14.0. The molecule has 0 saturated carbocycles. The molecular weight excluding hydrogens is 890 g/mol. The van der Waals surface area contributed by atoms with Gasteiger partial charge < -0.3 is 8.98 Å². The van der Waals surface area contributed by atoms with E-state index in [1.54, 1.807) is 6.07 Å². The summed E-state index contributed by atoms with van der Waals surface area (Å²) in [5, 5.41) is 0.723. The molecule has 0 aliphatic heterocycles. The molecule has 11 rings (SSSR count). The van der Waals surface area contributed by atoms with Crippen molar-refractivity contribution in [2.75, 3.05) is 0 Å². The summed E-state index contributed by atoms with van der Waals surface area (Å²) in [6.07, 6.45) is 0. The molecule has 0 N–H and O–H groups in total. The fraction of sp³-hybridized carbons (Fsp3) is 0. The van der Waals surface area contributed by atoms with Gasteiger partial charge in [-0.15, -0.1) is 43.7 Å². The Morgan fingerprint density at radius 1 is 0.280 bits per heavy atom. The zero-order valence-electron chi connectivity index (χ0n) is 39.7. The van der Waals surface area contributed by atoms with Crippen molar-refractivity contribution in [3.05, 3.63) is 78.9 Å². The highest BCUT2D eigenvalue weighted by molar-refractivity contribution is 6.72. The van der Waals surface area contributed by atoms with E-state index >= 15 is 0 Å². The van der Waals surface area contributed by atoms with Crippen LogP contribution in [0.2, 0.25) is 0 Å². The summed E-state index contributed by atoms with van der Waals surface area (Å²) in [6.45, 7) is 0. The molecule has 8 aromatic carbocycles. The Hall–Kier alpha value is -6.40. The van der Waals surface area contributed by atoms with Crippen LogP contribution in [-0.2, 0) is 0 Å². The molecule has 38 radical (unpaired) electrons. The molecule has 0 fully saturated rings. The lowest BCUT2D eigenvalue weighted by Crippen LogP contribution is -2.56. The molecule has 300 valence electrons. The van der Waals surface area contributed by atoms with Gasteiger partial charge >= 0.3 is 0 Å². The Morgan fingerprint density at radius 3 is 1.27 bits per heavy atom. The first-order chi connectivity index (χ1) is 35.7. The van der Waals surface area contributed by atoms with E-state index in [1.807, 2.05) is 72.8 Å². The number of rotatable bonds is 6. The molecule has 11 aromatic rings. The monoisotopic (exact) mass is 906 g/mol. The van der Waals surface area contributed by atoms with Crippen LogP contribution >= 0.6 is 0 Å². The second-order valence-corrected chi connectivity index (χ2v) is 18.1. The van der Waals surface area contributed by atoms with E-state index in [0.29, 0.717) is 5.56 Å². The van der Waals surface area contributed by atoms with Crippen molar-refractivity contribution in [2.45, 2.75) is 0 Å². The summed E-state index contributed by atoms with van der Waals surface area (Å²) in [7, 11) is 127. The standard InChI is InChI=1S/C51H13B19N4O/c52-25-21-22-27(54)31(58)37(64)43(70)48(22)75-47(21)42(69)29(56)24(25)51-72-49(18-8-4-7-17(13-18)16-11-9-15(10-12-16)14-5-2-1-3-6-14)71-50(73-51)23-19-20-26(53)30(57)34(61)39(66)45(20)74(44(19)38(65)32(59)28(23)55)46-40(67)35(62)33(60)36(63)41(46)68/h1-13H. The molecule has 5 nitrogen and oxygen atoms in total. The van der Waals surface area contributed by atoms with Crippen molar-refractivity contribution in [3.8, 4) is 62.1 Å². The van der Waals surface area contributed by atoms with Crippen LogP contribution in [0.5, 0.6) is 0 Å². The SMILES string of the molecule is [B]c1c([B])c([B])c(-n2c3c([B])c([B])c([B])c([B])c3c3c(-c4nc(-c5cccc(-c6ccc(-c7ccccc7)cc6)c5)nc(-c5c([B])c([B])c6oc7c([B])c([B])c([B])c([B])c7c6c5[B])n4)c([B])c([B])c([B])c32)c([B])c1[B]. The van der Waals surface area contributed by atoms with Gasteiger partial charge in [0, 0.05) is 55.0 Å². The number of fused-ring (bicyclic) bond motifs is 6. The molecule has 0 amide bonds. The predicted molar refractivity (Wildman–Crippen MR) is 331 cm³/mol. The van der Waals surface area contributed by atoms with E-state index in [1.165, 1.54) is 4.57 Å². The number of aromatic nitrogens is 4. The lowest BCUT2D eigenvalue weighted by molar-refractivity contribution is 0.675. The van der Waals surface area contributed by atoms with Gasteiger partial charge in [0.1, 0.15) is 160 Å². The molecule has 24 heteroatoms. The van der Waals surface area contributed by atoms with Crippen LogP contribution in [0.3, 0.4) is 0 Å². The third-order valence-corrected chi connectivity index (χ3v) is 14.0. The average molecular weight is 903 g/mol. The van der Waals surface area contributed by atoms with E-state index in [2.05, 4.69) is 0 Å². The number of hydrogen-bond donors (Lipinski definition) is 0. The van der Waals surface area contributed by atoms with Crippen molar-refractivity contribution in [1.29, 1.82) is 0 Å². The van der Waals surface area contributed by atoms with Gasteiger partial charge in [-0.3, -0.25) is 0 Å². The summed E-state index contributed by atoms with van der Waals surface area (Å²) in [5.41, 5.74) is 3.34. The third kappa shape index (κ3) is 7.45. The minimum Gasteiger partial charge on any atom is -0.457 e. The first-order valence-electron chi connectivity index (χ1n) is 22.7. The lowest BCUT2D eigenvalue weighted by atomic mass is 9.61. The van der Waals surface area contributed by atoms with Crippen LogP contribution in [0.15, 0.2) is 83.3 Å². The normalized spacial score (nSPS) is 11.7. The summed E-state index contributed by atoms with van der Waals surface area (Å²) in [6, 6.07) is 25.6. The topological polar surface area (TPSA) is 56.7 Å². The zero-order chi connectivity index (χ0) is 53.5. The molecule has 0 spiro atoms. The summed E-state index contributed by atoms with van der Waals surface area (Å²) in [4.78, 5) is 15.2. The fourth-order valence-electron chi connectivity index (χ4n) is 9.91. The van der Waals surface area contributed by atoms with Gasteiger partial charge in [-0.1, -0.05) is 133 Å². The van der Waals surface area contributed by atoms with Crippen LogP contribution < -0.4 is 104 Å². The molecule has 3 aromatic heterocycles. The highest BCUT2D eigenvalue weighted by Gasteiger charge is 2.30. The molecule has 3 heterocycles. The van der Waals surface area contributed by atoms with Crippen LogP contribution in [0.1, 0.15) is 0 Å². The van der Waals surface area contributed by atoms with E-state index in [4.69, 9.17) is 168 Å². The van der Waals surface area contributed by atoms with E-state index in [-0.39, 0.29) is 182 Å². The quantitative estimate of drug-likeness (QED) is 0.156. The Labute approximate surface area is 458 Å².